The summed E-state index contributed by atoms with van der Waals surface area (Å²) in [6.45, 7) is 0.215. The van der Waals surface area contributed by atoms with Gasteiger partial charge in [0.25, 0.3) is 11.8 Å². The van der Waals surface area contributed by atoms with Crippen molar-refractivity contribution in [1.82, 2.24) is 20.2 Å². The van der Waals surface area contributed by atoms with Gasteiger partial charge in [0, 0.05) is 16.3 Å². The van der Waals surface area contributed by atoms with E-state index in [2.05, 4.69) is 26.2 Å². The van der Waals surface area contributed by atoms with E-state index in [4.69, 9.17) is 9.15 Å². The predicted octanol–water partition coefficient (Wildman–Crippen LogP) is 4.35. The van der Waals surface area contributed by atoms with Crippen LogP contribution in [0.3, 0.4) is 0 Å². The van der Waals surface area contributed by atoms with Gasteiger partial charge in [-0.1, -0.05) is 36.4 Å². The number of aromatic amines is 1. The lowest BCUT2D eigenvalue weighted by molar-refractivity contribution is 0.264. The van der Waals surface area contributed by atoms with Crippen LogP contribution in [-0.4, -0.2) is 20.2 Å². The fourth-order valence-electron chi connectivity index (χ4n) is 2.94. The highest BCUT2D eigenvalue weighted by Crippen LogP contribution is 2.28. The van der Waals surface area contributed by atoms with Crippen LogP contribution in [0.25, 0.3) is 33.4 Å². The maximum absolute atomic E-state index is 5.71. The molecule has 0 saturated carbocycles. The molecule has 0 aliphatic heterocycles. The highest BCUT2D eigenvalue weighted by Gasteiger charge is 2.13. The number of rotatable bonds is 4. The molecular formula is C20H14N4O2. The third-order valence-electron chi connectivity index (χ3n) is 4.18. The third kappa shape index (κ3) is 2.57. The Labute approximate surface area is 148 Å². The second kappa shape index (κ2) is 6.00. The number of para-hydroxylation sites is 2. The van der Waals surface area contributed by atoms with Gasteiger partial charge in [-0.25, -0.2) is 4.98 Å². The summed E-state index contributed by atoms with van der Waals surface area (Å²) in [5, 5.41) is 10.4. The third-order valence-corrected chi connectivity index (χ3v) is 4.18. The average molecular weight is 342 g/mol. The molecule has 3 aromatic heterocycles. The minimum absolute atomic E-state index is 0.215. The zero-order chi connectivity index (χ0) is 17.3. The smallest absolute Gasteiger partial charge is 0.266 e. The molecule has 5 rings (SSSR count). The quantitative estimate of drug-likeness (QED) is 0.525. The molecule has 26 heavy (non-hydrogen) atoms. The molecule has 1 N–H and O–H groups in total. The average Bonchev–Trinajstić information content (AvgIpc) is 3.31. The maximum Gasteiger partial charge on any atom is 0.266 e. The van der Waals surface area contributed by atoms with Gasteiger partial charge in [-0.2, -0.15) is 0 Å². The van der Waals surface area contributed by atoms with E-state index in [1.165, 1.54) is 0 Å². The second-order valence-electron chi connectivity index (χ2n) is 5.89. The largest absolute Gasteiger partial charge is 0.484 e. The molecule has 126 valence electrons. The van der Waals surface area contributed by atoms with Crippen molar-refractivity contribution in [2.24, 2.45) is 0 Å². The molecule has 2 aromatic carbocycles. The monoisotopic (exact) mass is 342 g/mol. The first-order valence-corrected chi connectivity index (χ1v) is 8.24. The van der Waals surface area contributed by atoms with Crippen molar-refractivity contribution in [2.45, 2.75) is 6.61 Å². The fourth-order valence-corrected chi connectivity index (χ4v) is 2.94. The number of nitrogens with zero attached hydrogens (tertiary/aromatic N) is 3. The number of hydrogen-bond acceptors (Lipinski definition) is 5. The molecule has 0 aliphatic rings. The zero-order valence-electron chi connectivity index (χ0n) is 13.7. The van der Waals surface area contributed by atoms with Crippen molar-refractivity contribution >= 4 is 21.8 Å². The van der Waals surface area contributed by atoms with E-state index in [1.54, 1.807) is 6.20 Å². The predicted molar refractivity (Wildman–Crippen MR) is 97.7 cm³/mol. The zero-order valence-corrected chi connectivity index (χ0v) is 13.7. The summed E-state index contributed by atoms with van der Waals surface area (Å²) in [6.07, 6.45) is 1.79. The lowest BCUT2D eigenvalue weighted by Crippen LogP contribution is -1.95. The van der Waals surface area contributed by atoms with Crippen LogP contribution in [0.1, 0.15) is 5.89 Å². The molecule has 0 fully saturated rings. The minimum atomic E-state index is 0.215. The van der Waals surface area contributed by atoms with Crippen LogP contribution < -0.4 is 4.74 Å². The summed E-state index contributed by atoms with van der Waals surface area (Å²) in [7, 11) is 0. The Kier molecular flexibility index (Phi) is 3.38. The Balaban J connectivity index is 1.44. The summed E-state index contributed by atoms with van der Waals surface area (Å²) >= 11 is 0. The van der Waals surface area contributed by atoms with E-state index in [-0.39, 0.29) is 6.61 Å². The summed E-state index contributed by atoms with van der Waals surface area (Å²) in [5.74, 6) is 1.54. The van der Waals surface area contributed by atoms with Crippen LogP contribution in [0.15, 0.2) is 71.3 Å². The maximum atomic E-state index is 5.71. The molecule has 0 bridgehead atoms. The number of pyridine rings is 1. The van der Waals surface area contributed by atoms with Crippen molar-refractivity contribution in [3.05, 3.63) is 72.8 Å². The molecule has 6 heteroatoms. The molecule has 0 radical (unpaired) electrons. The molecule has 0 unspecified atom stereocenters. The molecule has 5 aromatic rings. The minimum Gasteiger partial charge on any atom is -0.484 e. The van der Waals surface area contributed by atoms with E-state index in [0.29, 0.717) is 17.5 Å². The van der Waals surface area contributed by atoms with Crippen molar-refractivity contribution in [3.8, 4) is 17.3 Å². The fraction of sp³-hybridized carbons (Fsp3) is 0.0500. The molecule has 0 saturated heterocycles. The van der Waals surface area contributed by atoms with Gasteiger partial charge in [-0.3, -0.25) is 0 Å². The van der Waals surface area contributed by atoms with Crippen molar-refractivity contribution in [1.29, 1.82) is 0 Å². The summed E-state index contributed by atoms with van der Waals surface area (Å²) in [6, 6.07) is 19.6. The molecule has 0 atom stereocenters. The number of hydrogen-bond donors (Lipinski definition) is 1. The Morgan fingerprint density at radius 3 is 2.65 bits per heavy atom. The molecule has 0 spiro atoms. The van der Waals surface area contributed by atoms with E-state index in [9.17, 15) is 0 Å². The van der Waals surface area contributed by atoms with Crippen molar-refractivity contribution < 1.29 is 9.15 Å². The molecule has 0 aliphatic carbocycles. The molecule has 6 nitrogen and oxygen atoms in total. The number of aromatic nitrogens is 4. The van der Waals surface area contributed by atoms with E-state index in [1.807, 2.05) is 54.6 Å². The van der Waals surface area contributed by atoms with Crippen LogP contribution in [0, 0.1) is 0 Å². The first kappa shape index (κ1) is 14.7. The Morgan fingerprint density at radius 1 is 0.885 bits per heavy atom. The van der Waals surface area contributed by atoms with Crippen molar-refractivity contribution in [2.75, 3.05) is 0 Å². The van der Waals surface area contributed by atoms with Crippen LogP contribution in [0.5, 0.6) is 5.75 Å². The summed E-state index contributed by atoms with van der Waals surface area (Å²) < 4.78 is 11.3. The number of nitrogens with one attached hydrogen (secondary N) is 1. The van der Waals surface area contributed by atoms with Crippen molar-refractivity contribution in [3.63, 3.8) is 0 Å². The lowest BCUT2D eigenvalue weighted by Gasteiger charge is -2.01. The molecule has 0 amide bonds. The van der Waals surface area contributed by atoms with Gasteiger partial charge in [-0.05, 0) is 24.3 Å². The Hall–Kier alpha value is -3.67. The van der Waals surface area contributed by atoms with Crippen LogP contribution >= 0.6 is 0 Å². The van der Waals surface area contributed by atoms with Crippen LogP contribution in [0.2, 0.25) is 0 Å². The van der Waals surface area contributed by atoms with Crippen LogP contribution in [-0.2, 0) is 6.61 Å². The number of benzene rings is 2. The topological polar surface area (TPSA) is 76.8 Å². The second-order valence-corrected chi connectivity index (χ2v) is 5.89. The van der Waals surface area contributed by atoms with Gasteiger partial charge < -0.3 is 14.1 Å². The van der Waals surface area contributed by atoms with Gasteiger partial charge in [0.2, 0.25) is 0 Å². The van der Waals surface area contributed by atoms with Gasteiger partial charge >= 0.3 is 0 Å². The van der Waals surface area contributed by atoms with E-state index < -0.39 is 0 Å². The molecular weight excluding hydrogens is 328 g/mol. The standard InChI is InChI=1S/C20H14N4O2/c1-2-6-13(7-3-1)25-12-19-23-24-20(26-19)17-10-15-14-8-4-5-9-16(14)22-18(15)11-21-17/h1-11,22H,12H2. The lowest BCUT2D eigenvalue weighted by atomic mass is 10.1. The van der Waals surface area contributed by atoms with Crippen LogP contribution in [0.4, 0.5) is 0 Å². The summed E-state index contributed by atoms with van der Waals surface area (Å²) in [4.78, 5) is 7.79. The summed E-state index contributed by atoms with van der Waals surface area (Å²) in [5.41, 5.74) is 2.69. The first-order valence-electron chi connectivity index (χ1n) is 8.24. The first-order chi connectivity index (χ1) is 12.9. The highest BCUT2D eigenvalue weighted by molar-refractivity contribution is 6.07. The normalized spacial score (nSPS) is 11.2. The number of ether oxygens (including phenoxy) is 1. The van der Waals surface area contributed by atoms with Gasteiger partial charge in [0.05, 0.1) is 11.7 Å². The Bertz CT molecular complexity index is 1190. The van der Waals surface area contributed by atoms with E-state index >= 15 is 0 Å². The van der Waals surface area contributed by atoms with Gasteiger partial charge in [-0.15, -0.1) is 10.2 Å². The van der Waals surface area contributed by atoms with Gasteiger partial charge in [0.1, 0.15) is 11.4 Å². The molecule has 3 heterocycles. The SMILES string of the molecule is c1ccc(OCc2nnc(-c3cc4c(cn3)[nH]c3ccccc34)o2)cc1. The Morgan fingerprint density at radius 2 is 1.73 bits per heavy atom. The number of H-pyrrole nitrogens is 1. The highest BCUT2D eigenvalue weighted by atomic mass is 16.5. The van der Waals surface area contributed by atoms with E-state index in [0.717, 1.165) is 27.6 Å². The van der Waals surface area contributed by atoms with Gasteiger partial charge in [0.15, 0.2) is 6.61 Å². The number of fused-ring (bicyclic) bond motifs is 3.